The van der Waals surface area contributed by atoms with Gasteiger partial charge < -0.3 is 14.2 Å². The van der Waals surface area contributed by atoms with Crippen LogP contribution in [0.1, 0.15) is 37.3 Å². The zero-order valence-corrected chi connectivity index (χ0v) is 21.6. The highest BCUT2D eigenvalue weighted by atomic mass is 16.5. The quantitative estimate of drug-likeness (QED) is 0.308. The van der Waals surface area contributed by atoms with Crippen LogP contribution in [0.2, 0.25) is 0 Å². The fraction of sp³-hybridized carbons (Fsp3) is 0.290. The third kappa shape index (κ3) is 3.68. The van der Waals surface area contributed by atoms with Gasteiger partial charge in [0.1, 0.15) is 0 Å². The predicted octanol–water partition coefficient (Wildman–Crippen LogP) is 4.94. The summed E-state index contributed by atoms with van der Waals surface area (Å²) in [5.74, 6) is 0.729. The summed E-state index contributed by atoms with van der Waals surface area (Å²) in [5.41, 5.74) is 6.18. The van der Waals surface area contributed by atoms with Gasteiger partial charge in [-0.1, -0.05) is 12.1 Å². The van der Waals surface area contributed by atoms with Gasteiger partial charge in [-0.05, 0) is 67.3 Å². The van der Waals surface area contributed by atoms with E-state index in [9.17, 15) is 9.59 Å². The van der Waals surface area contributed by atoms with Crippen molar-refractivity contribution < 1.29 is 14.3 Å². The van der Waals surface area contributed by atoms with Gasteiger partial charge in [-0.2, -0.15) is 5.26 Å². The molecule has 1 unspecified atom stereocenters. The molecule has 39 heavy (non-hydrogen) atoms. The number of carbonyl (C=O) groups excluding carboxylic acids is 2. The predicted molar refractivity (Wildman–Crippen MR) is 145 cm³/mol. The summed E-state index contributed by atoms with van der Waals surface area (Å²) in [7, 11) is 0. The second-order valence-electron chi connectivity index (χ2n) is 10.6. The van der Waals surface area contributed by atoms with Crippen molar-refractivity contribution in [3.8, 4) is 34.4 Å². The number of anilines is 1. The molecule has 8 heteroatoms. The number of amides is 1. The molecule has 0 spiro atoms. The molecule has 0 radical (unpaired) electrons. The number of fused-ring (bicyclic) bond motifs is 5. The highest BCUT2D eigenvalue weighted by Crippen LogP contribution is 2.56. The Morgan fingerprint density at radius 1 is 1.15 bits per heavy atom. The van der Waals surface area contributed by atoms with Gasteiger partial charge in [-0.25, -0.2) is 4.98 Å². The first-order chi connectivity index (χ1) is 19.0. The molecule has 0 bridgehead atoms. The summed E-state index contributed by atoms with van der Waals surface area (Å²) >= 11 is 0. The highest BCUT2D eigenvalue weighted by Gasteiger charge is 2.59. The third-order valence-electron chi connectivity index (χ3n) is 8.47. The molecule has 7 rings (SSSR count). The fourth-order valence-electron chi connectivity index (χ4n) is 6.21. The first kappa shape index (κ1) is 23.5. The molecule has 1 atom stereocenters. The zero-order valence-electron chi connectivity index (χ0n) is 21.6. The highest BCUT2D eigenvalue weighted by molar-refractivity contribution is 5.97. The van der Waals surface area contributed by atoms with Crippen LogP contribution in [0.5, 0.6) is 0 Å². The number of carbonyl (C=O) groups is 2. The minimum atomic E-state index is -0.500. The van der Waals surface area contributed by atoms with Crippen LogP contribution in [0.3, 0.4) is 0 Å². The van der Waals surface area contributed by atoms with Crippen molar-refractivity contribution >= 4 is 17.6 Å². The van der Waals surface area contributed by atoms with Gasteiger partial charge in [-0.15, -0.1) is 0 Å². The Hall–Kier alpha value is -4.64. The number of hydrogen-bond acceptors (Lipinski definition) is 5. The minimum Gasteiger partial charge on any atom is -0.466 e. The van der Waals surface area contributed by atoms with Crippen LogP contribution in [0.4, 0.5) is 5.69 Å². The smallest absolute Gasteiger partial charge is 0.312 e. The van der Waals surface area contributed by atoms with E-state index in [1.165, 1.54) is 0 Å². The van der Waals surface area contributed by atoms with Crippen molar-refractivity contribution in [2.45, 2.75) is 32.7 Å². The number of hydrogen-bond donors (Lipinski definition) is 0. The summed E-state index contributed by atoms with van der Waals surface area (Å²) in [4.78, 5) is 32.3. The first-order valence-electron chi connectivity index (χ1n) is 13.4. The van der Waals surface area contributed by atoms with E-state index in [0.29, 0.717) is 31.7 Å². The first-order valence-corrected chi connectivity index (χ1v) is 13.4. The lowest BCUT2D eigenvalue weighted by Gasteiger charge is -2.22. The lowest BCUT2D eigenvalue weighted by atomic mass is 9.88. The zero-order chi connectivity index (χ0) is 26.7. The largest absolute Gasteiger partial charge is 0.466 e. The van der Waals surface area contributed by atoms with Gasteiger partial charge in [0.25, 0.3) is 0 Å². The summed E-state index contributed by atoms with van der Waals surface area (Å²) < 4.78 is 9.64. The SMILES string of the molecule is CCOC(=O)C1(C2CC(=O)N(c3ccc4c(c3)Cn3cc(-c5ccc(C#N)cc5)cc3-c3nccn3-4)C2)CC1. The standard InChI is InChI=1S/C31H27N5O3/c1-2-39-30(38)31(9-10-31)24-15-28(37)36(19-24)25-7-8-26-23(13-25)18-34-17-22(21-5-3-20(16-32)4-6-21)14-27(34)29-33-11-12-35(26)29/h3-8,11-14,17,24H,2,9-10,15,18-19H2,1H3. The Bertz CT molecular complexity index is 1670. The molecule has 3 aliphatic rings. The van der Waals surface area contributed by atoms with Crippen molar-refractivity contribution in [2.24, 2.45) is 11.3 Å². The van der Waals surface area contributed by atoms with Gasteiger partial charge in [0, 0.05) is 55.3 Å². The second-order valence-corrected chi connectivity index (χ2v) is 10.6. The van der Waals surface area contributed by atoms with E-state index >= 15 is 0 Å². The normalized spacial score (nSPS) is 18.5. The molecule has 1 amide bonds. The number of imidazole rings is 1. The molecule has 0 N–H and O–H groups in total. The van der Waals surface area contributed by atoms with E-state index < -0.39 is 5.41 Å². The summed E-state index contributed by atoms with van der Waals surface area (Å²) in [6.07, 6.45) is 7.84. The molecule has 1 aliphatic carbocycles. The summed E-state index contributed by atoms with van der Waals surface area (Å²) in [6.45, 7) is 3.34. The molecule has 2 aliphatic heterocycles. The monoisotopic (exact) mass is 517 g/mol. The Labute approximate surface area is 226 Å². The van der Waals surface area contributed by atoms with E-state index in [1.54, 1.807) is 6.20 Å². The van der Waals surface area contributed by atoms with E-state index in [2.05, 4.69) is 44.6 Å². The lowest BCUT2D eigenvalue weighted by Crippen LogP contribution is -2.31. The number of nitriles is 1. The molecule has 1 saturated carbocycles. The molecule has 4 aromatic rings. The van der Waals surface area contributed by atoms with E-state index in [-0.39, 0.29) is 17.8 Å². The van der Waals surface area contributed by atoms with Crippen molar-refractivity contribution in [3.63, 3.8) is 0 Å². The van der Waals surface area contributed by atoms with Gasteiger partial charge in [0.15, 0.2) is 5.82 Å². The number of benzene rings is 2. The summed E-state index contributed by atoms with van der Waals surface area (Å²) in [6, 6.07) is 18.0. The molecule has 2 aromatic carbocycles. The average molecular weight is 518 g/mol. The van der Waals surface area contributed by atoms with E-state index in [0.717, 1.165) is 52.4 Å². The average Bonchev–Trinajstić information content (AvgIpc) is 3.26. The Balaban J connectivity index is 1.22. The Morgan fingerprint density at radius 2 is 1.97 bits per heavy atom. The topological polar surface area (TPSA) is 93.2 Å². The van der Waals surface area contributed by atoms with Gasteiger partial charge in [0.05, 0.1) is 35.0 Å². The van der Waals surface area contributed by atoms with E-state index in [4.69, 9.17) is 10.00 Å². The molecular weight excluding hydrogens is 490 g/mol. The van der Waals surface area contributed by atoms with Crippen LogP contribution in [-0.2, 0) is 20.9 Å². The number of nitrogens with zero attached hydrogens (tertiary/aromatic N) is 5. The van der Waals surface area contributed by atoms with Crippen molar-refractivity contribution in [1.29, 1.82) is 5.26 Å². The van der Waals surface area contributed by atoms with Gasteiger partial charge >= 0.3 is 5.97 Å². The number of rotatable bonds is 5. The van der Waals surface area contributed by atoms with Crippen molar-refractivity contribution in [2.75, 3.05) is 18.1 Å². The fourth-order valence-corrected chi connectivity index (χ4v) is 6.21. The number of esters is 1. The van der Waals surface area contributed by atoms with Crippen LogP contribution in [0.15, 0.2) is 67.1 Å². The molecule has 8 nitrogen and oxygen atoms in total. The van der Waals surface area contributed by atoms with Crippen molar-refractivity contribution in [3.05, 3.63) is 78.2 Å². The van der Waals surface area contributed by atoms with Crippen LogP contribution in [0, 0.1) is 22.7 Å². The molecule has 194 valence electrons. The molecule has 2 fully saturated rings. The summed E-state index contributed by atoms with van der Waals surface area (Å²) in [5, 5.41) is 9.15. The molecule has 2 aromatic heterocycles. The Morgan fingerprint density at radius 3 is 2.72 bits per heavy atom. The third-order valence-corrected chi connectivity index (χ3v) is 8.47. The van der Waals surface area contributed by atoms with Crippen LogP contribution < -0.4 is 4.90 Å². The van der Waals surface area contributed by atoms with Crippen molar-refractivity contribution in [1.82, 2.24) is 14.1 Å². The lowest BCUT2D eigenvalue weighted by molar-refractivity contribution is -0.151. The van der Waals surface area contributed by atoms with Gasteiger partial charge in [0.2, 0.25) is 5.91 Å². The maximum absolute atomic E-state index is 13.2. The van der Waals surface area contributed by atoms with Crippen LogP contribution in [-0.4, -0.2) is 39.1 Å². The maximum Gasteiger partial charge on any atom is 0.312 e. The molecular formula is C31H27N5O3. The Kier molecular flexibility index (Phi) is 5.24. The minimum absolute atomic E-state index is 0.0193. The van der Waals surface area contributed by atoms with Crippen LogP contribution >= 0.6 is 0 Å². The second kappa shape index (κ2) is 8.70. The molecule has 4 heterocycles. The maximum atomic E-state index is 13.2. The number of aromatic nitrogens is 3. The van der Waals surface area contributed by atoms with Gasteiger partial charge in [-0.3, -0.25) is 14.2 Å². The molecule has 1 saturated heterocycles. The number of ether oxygens (including phenoxy) is 1. The van der Waals surface area contributed by atoms with Crippen LogP contribution in [0.25, 0.3) is 28.3 Å². The van der Waals surface area contributed by atoms with E-state index in [1.807, 2.05) is 48.4 Å².